The monoisotopic (exact) mass is 333 g/mol. The fourth-order valence-corrected chi connectivity index (χ4v) is 2.63. The van der Waals surface area contributed by atoms with Gasteiger partial charge in [0.1, 0.15) is 22.1 Å². The quantitative estimate of drug-likeness (QED) is 0.837. The minimum Gasteiger partial charge on any atom is -0.598 e. The van der Waals surface area contributed by atoms with E-state index < -0.39 is 27.8 Å². The number of rotatable bonds is 3. The van der Waals surface area contributed by atoms with Gasteiger partial charge in [0.25, 0.3) is 0 Å². The lowest BCUT2D eigenvalue weighted by molar-refractivity contribution is -0.137. The number of alkyl halides is 3. The molecule has 0 aliphatic heterocycles. The molecule has 0 amide bonds. The molecule has 2 rings (SSSR count). The van der Waals surface area contributed by atoms with E-state index in [1.54, 1.807) is 13.0 Å². The number of hydrogen-bond donors (Lipinski definition) is 1. The molecule has 0 radical (unpaired) electrons. The lowest BCUT2D eigenvalue weighted by atomic mass is 10.1. The van der Waals surface area contributed by atoms with Crippen LogP contribution >= 0.6 is 0 Å². The van der Waals surface area contributed by atoms with Crippen molar-refractivity contribution in [3.05, 3.63) is 35.6 Å². The third-order valence-corrected chi connectivity index (χ3v) is 4.81. The molecule has 0 aliphatic rings. The molecule has 0 bridgehead atoms. The van der Waals surface area contributed by atoms with E-state index in [2.05, 4.69) is 4.72 Å². The van der Waals surface area contributed by atoms with Gasteiger partial charge in [-0.3, -0.25) is 0 Å². The van der Waals surface area contributed by atoms with Crippen molar-refractivity contribution in [1.82, 2.24) is 4.72 Å². The second kappa shape index (κ2) is 5.79. The van der Waals surface area contributed by atoms with Crippen LogP contribution in [0.2, 0.25) is 0 Å². The topological polar surface area (TPSA) is 48.2 Å². The van der Waals surface area contributed by atoms with Crippen molar-refractivity contribution in [2.45, 2.75) is 44.7 Å². The Balaban J connectivity index is 2.26. The highest BCUT2D eigenvalue weighted by Crippen LogP contribution is 2.33. The molecule has 0 spiro atoms. The van der Waals surface area contributed by atoms with Gasteiger partial charge in [0, 0.05) is 16.7 Å². The summed E-state index contributed by atoms with van der Waals surface area (Å²) >= 11 is -1.30. The average Bonchev–Trinajstić information content (AvgIpc) is 2.79. The number of benzene rings is 1. The molecule has 1 aromatic heterocycles. The zero-order valence-corrected chi connectivity index (χ0v) is 13.6. The van der Waals surface area contributed by atoms with Crippen molar-refractivity contribution in [1.29, 1.82) is 0 Å². The van der Waals surface area contributed by atoms with Gasteiger partial charge in [-0.25, -0.2) is 0 Å². The maximum Gasteiger partial charge on any atom is 0.416 e. The van der Waals surface area contributed by atoms with Crippen molar-refractivity contribution in [3.8, 4) is 0 Å². The fourth-order valence-electron chi connectivity index (χ4n) is 1.84. The van der Waals surface area contributed by atoms with Gasteiger partial charge in [-0.1, -0.05) is 6.07 Å². The molecule has 3 nitrogen and oxygen atoms in total. The number of furan rings is 1. The lowest BCUT2D eigenvalue weighted by Gasteiger charge is -2.25. The molecule has 0 saturated carbocycles. The van der Waals surface area contributed by atoms with E-state index in [0.29, 0.717) is 11.1 Å². The van der Waals surface area contributed by atoms with Gasteiger partial charge in [0.2, 0.25) is 0 Å². The van der Waals surface area contributed by atoms with Gasteiger partial charge >= 0.3 is 6.18 Å². The molecule has 2 aromatic rings. The zero-order valence-electron chi connectivity index (χ0n) is 12.7. The highest BCUT2D eigenvalue weighted by atomic mass is 32.2. The predicted octanol–water partition coefficient (Wildman–Crippen LogP) is 4.56. The molecule has 1 N–H and O–H groups in total. The summed E-state index contributed by atoms with van der Waals surface area (Å²) in [7, 11) is 0. The summed E-state index contributed by atoms with van der Waals surface area (Å²) in [6.07, 6.45) is -4.40. The van der Waals surface area contributed by atoms with Gasteiger partial charge in [0.05, 0.1) is 5.56 Å². The first-order valence-corrected chi connectivity index (χ1v) is 7.92. The Morgan fingerprint density at radius 1 is 1.18 bits per heavy atom. The van der Waals surface area contributed by atoms with Crippen LogP contribution in [0.25, 0.3) is 11.0 Å². The van der Waals surface area contributed by atoms with E-state index in [1.807, 2.05) is 20.8 Å². The van der Waals surface area contributed by atoms with Crippen molar-refractivity contribution >= 4 is 22.3 Å². The minimum atomic E-state index is -4.40. The summed E-state index contributed by atoms with van der Waals surface area (Å²) in [4.78, 5) is 0. The zero-order chi connectivity index (χ0) is 16.7. The van der Waals surface area contributed by atoms with Crippen molar-refractivity contribution < 1.29 is 22.1 Å². The Kier molecular flexibility index (Phi) is 4.52. The van der Waals surface area contributed by atoms with E-state index in [9.17, 15) is 17.7 Å². The van der Waals surface area contributed by atoms with Crippen molar-refractivity contribution in [2.24, 2.45) is 0 Å². The number of halogens is 3. The van der Waals surface area contributed by atoms with Crippen LogP contribution in [0.15, 0.2) is 28.7 Å². The second-order valence-corrected chi connectivity index (χ2v) is 8.12. The number of hydrogen-bond acceptors (Lipinski definition) is 3. The fraction of sp³-hybridized carbons (Fsp3) is 0.467. The van der Waals surface area contributed by atoms with Crippen LogP contribution in [-0.2, 0) is 17.5 Å². The van der Waals surface area contributed by atoms with Crippen molar-refractivity contribution in [2.75, 3.05) is 0 Å². The Hall–Kier alpha value is -1.18. The Bertz CT molecular complexity index is 661. The third kappa shape index (κ3) is 3.77. The maximum atomic E-state index is 12.7. The van der Waals surface area contributed by atoms with Crippen LogP contribution < -0.4 is 4.72 Å². The Labute approximate surface area is 130 Å². The molecule has 7 heteroatoms. The molecule has 2 atom stereocenters. The van der Waals surface area contributed by atoms with E-state index >= 15 is 0 Å². The van der Waals surface area contributed by atoms with Gasteiger partial charge in [-0.2, -0.15) is 13.2 Å². The largest absolute Gasteiger partial charge is 0.598 e. The summed E-state index contributed by atoms with van der Waals surface area (Å²) in [6.45, 7) is 7.25. The standard InChI is InChI=1S/C15H18F3NO2S/c1-9(19-22(20)14(2,3)4)12-7-10-5-6-11(15(16,17)18)8-13(10)21-12/h5-9,19H,1-4H3. The van der Waals surface area contributed by atoms with Crippen LogP contribution in [0.1, 0.15) is 45.1 Å². The van der Waals surface area contributed by atoms with E-state index in [0.717, 1.165) is 12.1 Å². The molecule has 1 aromatic carbocycles. The summed E-state index contributed by atoms with van der Waals surface area (Å²) in [5.41, 5.74) is -0.584. The molecular formula is C15H18F3NO2S. The van der Waals surface area contributed by atoms with Crippen LogP contribution in [0.3, 0.4) is 0 Å². The molecule has 1 heterocycles. The van der Waals surface area contributed by atoms with E-state index in [4.69, 9.17) is 4.42 Å². The molecule has 22 heavy (non-hydrogen) atoms. The Morgan fingerprint density at radius 2 is 1.82 bits per heavy atom. The highest BCUT2D eigenvalue weighted by Gasteiger charge is 2.32. The lowest BCUT2D eigenvalue weighted by Crippen LogP contribution is -2.40. The van der Waals surface area contributed by atoms with Gasteiger partial charge < -0.3 is 8.97 Å². The third-order valence-electron chi connectivity index (χ3n) is 3.13. The summed E-state index contributed by atoms with van der Waals surface area (Å²) < 4.78 is 58.1. The van der Waals surface area contributed by atoms with Crippen LogP contribution in [-0.4, -0.2) is 9.30 Å². The van der Waals surface area contributed by atoms with Crippen LogP contribution in [0, 0.1) is 0 Å². The first-order chi connectivity index (χ1) is 9.98. The van der Waals surface area contributed by atoms with Gasteiger partial charge in [-0.05, 0) is 45.9 Å². The average molecular weight is 333 g/mol. The minimum absolute atomic E-state index is 0.167. The summed E-state index contributed by atoms with van der Waals surface area (Å²) in [5.74, 6) is 0.451. The molecular weight excluding hydrogens is 315 g/mol. The smallest absolute Gasteiger partial charge is 0.416 e. The predicted molar refractivity (Wildman–Crippen MR) is 80.7 cm³/mol. The Morgan fingerprint density at radius 3 is 2.36 bits per heavy atom. The molecule has 2 unspecified atom stereocenters. The first-order valence-electron chi connectivity index (χ1n) is 6.77. The number of fused-ring (bicyclic) bond motifs is 1. The van der Waals surface area contributed by atoms with Crippen molar-refractivity contribution in [3.63, 3.8) is 0 Å². The van der Waals surface area contributed by atoms with E-state index in [1.165, 1.54) is 6.07 Å². The highest BCUT2D eigenvalue weighted by molar-refractivity contribution is 7.90. The normalized spacial score (nSPS) is 16.0. The van der Waals surface area contributed by atoms with Gasteiger partial charge in [0.15, 0.2) is 0 Å². The van der Waals surface area contributed by atoms with Crippen LogP contribution in [0.4, 0.5) is 13.2 Å². The molecule has 122 valence electrons. The first kappa shape index (κ1) is 17.2. The summed E-state index contributed by atoms with van der Waals surface area (Å²) in [5, 5.41) is 0.582. The number of nitrogens with one attached hydrogen (secondary N) is 1. The summed E-state index contributed by atoms with van der Waals surface area (Å²) in [6, 6.07) is 4.66. The maximum absolute atomic E-state index is 12.7. The SMILES string of the molecule is CC(N[S+]([O-])C(C)(C)C)c1cc2ccc(C(F)(F)F)cc2o1. The second-order valence-electron chi connectivity index (χ2n) is 6.12. The molecule has 0 aliphatic carbocycles. The molecule has 0 fully saturated rings. The van der Waals surface area contributed by atoms with E-state index in [-0.39, 0.29) is 11.6 Å². The van der Waals surface area contributed by atoms with Gasteiger partial charge in [-0.15, -0.1) is 4.72 Å². The van der Waals surface area contributed by atoms with Crippen LogP contribution in [0.5, 0.6) is 0 Å². The molecule has 0 saturated heterocycles.